The number of hydrogen-bond acceptors (Lipinski definition) is 5. The third-order valence-corrected chi connectivity index (χ3v) is 5.26. The quantitative estimate of drug-likeness (QED) is 0.869. The number of rotatable bonds is 3. The summed E-state index contributed by atoms with van der Waals surface area (Å²) in [5.74, 6) is 0.760. The number of anilines is 2. The Balaban J connectivity index is 1.75. The van der Waals surface area contributed by atoms with Gasteiger partial charge in [0.05, 0.1) is 18.4 Å². The SMILES string of the molecule is Cn1ncc(N2CC(N)=CC=C2c2ccccc2F)c1N1CCC(N)CC1. The number of halogens is 1. The van der Waals surface area contributed by atoms with Gasteiger partial charge in [-0.3, -0.25) is 4.68 Å². The van der Waals surface area contributed by atoms with E-state index in [1.165, 1.54) is 6.07 Å². The molecular formula is C20H25FN6. The number of allylic oxidation sites excluding steroid dienone is 2. The second-order valence-electron chi connectivity index (χ2n) is 7.16. The molecule has 27 heavy (non-hydrogen) atoms. The molecule has 0 radical (unpaired) electrons. The molecule has 1 saturated heterocycles. The van der Waals surface area contributed by atoms with Crippen LogP contribution < -0.4 is 21.3 Å². The molecule has 0 spiro atoms. The van der Waals surface area contributed by atoms with Crippen molar-refractivity contribution in [2.45, 2.75) is 18.9 Å². The second kappa shape index (κ2) is 7.08. The first-order valence-electron chi connectivity index (χ1n) is 9.26. The molecule has 4 rings (SSSR count). The molecule has 0 amide bonds. The summed E-state index contributed by atoms with van der Waals surface area (Å²) in [4.78, 5) is 4.35. The Morgan fingerprint density at radius 2 is 1.89 bits per heavy atom. The Bertz CT molecular complexity index is 892. The highest BCUT2D eigenvalue weighted by molar-refractivity contribution is 5.86. The highest BCUT2D eigenvalue weighted by Gasteiger charge is 2.28. The molecular weight excluding hydrogens is 343 g/mol. The van der Waals surface area contributed by atoms with Crippen LogP contribution in [0.5, 0.6) is 0 Å². The molecule has 0 unspecified atom stereocenters. The van der Waals surface area contributed by atoms with Gasteiger partial charge >= 0.3 is 0 Å². The van der Waals surface area contributed by atoms with Crippen molar-refractivity contribution < 1.29 is 4.39 Å². The minimum absolute atomic E-state index is 0.250. The van der Waals surface area contributed by atoms with E-state index in [0.717, 1.165) is 48.8 Å². The monoisotopic (exact) mass is 368 g/mol. The Morgan fingerprint density at radius 3 is 2.63 bits per heavy atom. The summed E-state index contributed by atoms with van der Waals surface area (Å²) in [6.07, 6.45) is 7.44. The smallest absolute Gasteiger partial charge is 0.150 e. The molecule has 7 heteroatoms. The highest BCUT2D eigenvalue weighted by atomic mass is 19.1. The average Bonchev–Trinajstić information content (AvgIpc) is 3.04. The number of nitrogens with zero attached hydrogens (tertiary/aromatic N) is 4. The average molecular weight is 368 g/mol. The van der Waals surface area contributed by atoms with E-state index >= 15 is 0 Å². The molecule has 0 bridgehead atoms. The van der Waals surface area contributed by atoms with Crippen LogP contribution in [0.4, 0.5) is 15.9 Å². The summed E-state index contributed by atoms with van der Waals surface area (Å²) in [7, 11) is 1.93. The van der Waals surface area contributed by atoms with Crippen LogP contribution in [-0.4, -0.2) is 35.5 Å². The third-order valence-electron chi connectivity index (χ3n) is 5.26. The van der Waals surface area contributed by atoms with Crippen molar-refractivity contribution in [1.82, 2.24) is 9.78 Å². The van der Waals surface area contributed by atoms with E-state index in [0.29, 0.717) is 12.1 Å². The van der Waals surface area contributed by atoms with Gasteiger partial charge in [0.2, 0.25) is 0 Å². The molecule has 0 aliphatic carbocycles. The van der Waals surface area contributed by atoms with Crippen LogP contribution >= 0.6 is 0 Å². The van der Waals surface area contributed by atoms with E-state index in [4.69, 9.17) is 11.5 Å². The minimum Gasteiger partial charge on any atom is -0.401 e. The van der Waals surface area contributed by atoms with Crippen molar-refractivity contribution in [3.05, 3.63) is 59.7 Å². The number of aromatic nitrogens is 2. The van der Waals surface area contributed by atoms with Crippen LogP contribution in [0.1, 0.15) is 18.4 Å². The first kappa shape index (κ1) is 17.6. The van der Waals surface area contributed by atoms with Crippen molar-refractivity contribution in [1.29, 1.82) is 0 Å². The van der Waals surface area contributed by atoms with Crippen molar-refractivity contribution in [3.8, 4) is 0 Å². The zero-order valence-corrected chi connectivity index (χ0v) is 15.5. The molecule has 0 atom stereocenters. The molecule has 142 valence electrons. The van der Waals surface area contributed by atoms with Crippen LogP contribution in [0.3, 0.4) is 0 Å². The van der Waals surface area contributed by atoms with Gasteiger partial charge in [-0.2, -0.15) is 5.10 Å². The van der Waals surface area contributed by atoms with Crippen molar-refractivity contribution >= 4 is 17.2 Å². The van der Waals surface area contributed by atoms with Crippen molar-refractivity contribution in [3.63, 3.8) is 0 Å². The maximum Gasteiger partial charge on any atom is 0.150 e. The maximum atomic E-state index is 14.5. The largest absolute Gasteiger partial charge is 0.401 e. The van der Waals surface area contributed by atoms with E-state index in [2.05, 4.69) is 10.00 Å². The van der Waals surface area contributed by atoms with E-state index in [9.17, 15) is 4.39 Å². The fraction of sp³-hybridized carbons (Fsp3) is 0.350. The second-order valence-corrected chi connectivity index (χ2v) is 7.16. The molecule has 1 aromatic carbocycles. The zero-order chi connectivity index (χ0) is 19.0. The molecule has 1 fully saturated rings. The van der Waals surface area contributed by atoms with Crippen molar-refractivity contribution in [2.75, 3.05) is 29.4 Å². The number of benzene rings is 1. The number of hydrogen-bond donors (Lipinski definition) is 2. The first-order valence-corrected chi connectivity index (χ1v) is 9.26. The van der Waals surface area contributed by atoms with Crippen LogP contribution in [0, 0.1) is 5.82 Å². The normalized spacial score (nSPS) is 18.5. The lowest BCUT2D eigenvalue weighted by Gasteiger charge is -2.36. The highest BCUT2D eigenvalue weighted by Crippen LogP contribution is 2.37. The summed E-state index contributed by atoms with van der Waals surface area (Å²) in [5.41, 5.74) is 15.2. The van der Waals surface area contributed by atoms with Gasteiger partial charge in [-0.1, -0.05) is 12.1 Å². The van der Waals surface area contributed by atoms with Gasteiger partial charge < -0.3 is 21.3 Å². The van der Waals surface area contributed by atoms with Crippen molar-refractivity contribution in [2.24, 2.45) is 18.5 Å². The Hall–Kier alpha value is -2.80. The molecule has 4 N–H and O–H groups in total. The molecule has 2 aromatic rings. The first-order chi connectivity index (χ1) is 13.0. The van der Waals surface area contributed by atoms with Gasteiger partial charge in [-0.15, -0.1) is 0 Å². The standard InChI is InChI=1S/C20H25FN6/c1-25-20(26-10-8-14(22)9-11-26)19(12-24-25)27-13-15(23)6-7-18(27)16-4-2-3-5-17(16)21/h2-7,12,14H,8-11,13,22-23H2,1H3. The summed E-state index contributed by atoms with van der Waals surface area (Å²) in [5, 5.41) is 4.48. The zero-order valence-electron chi connectivity index (χ0n) is 15.5. The lowest BCUT2D eigenvalue weighted by atomic mass is 10.0. The van der Waals surface area contributed by atoms with E-state index in [1.807, 2.05) is 41.0 Å². The molecule has 2 aliphatic heterocycles. The summed E-state index contributed by atoms with van der Waals surface area (Å²) in [6.45, 7) is 2.25. The summed E-state index contributed by atoms with van der Waals surface area (Å²) < 4.78 is 16.4. The van der Waals surface area contributed by atoms with Crippen LogP contribution in [-0.2, 0) is 7.05 Å². The van der Waals surface area contributed by atoms with Crippen LogP contribution in [0.25, 0.3) is 5.70 Å². The molecule has 3 heterocycles. The molecule has 0 saturated carbocycles. The Morgan fingerprint density at radius 1 is 1.15 bits per heavy atom. The fourth-order valence-electron chi connectivity index (χ4n) is 3.80. The van der Waals surface area contributed by atoms with Gasteiger partial charge in [-0.25, -0.2) is 4.39 Å². The maximum absolute atomic E-state index is 14.5. The Labute approximate surface area is 158 Å². The number of piperidine rings is 1. The molecule has 2 aliphatic rings. The fourth-order valence-corrected chi connectivity index (χ4v) is 3.80. The number of nitrogens with two attached hydrogens (primary N) is 2. The third kappa shape index (κ3) is 3.30. The van der Waals surface area contributed by atoms with Gasteiger partial charge in [0.25, 0.3) is 0 Å². The van der Waals surface area contributed by atoms with Gasteiger partial charge in [0, 0.05) is 37.4 Å². The predicted octanol–water partition coefficient (Wildman–Crippen LogP) is 2.19. The van der Waals surface area contributed by atoms with Gasteiger partial charge in [0.15, 0.2) is 5.82 Å². The van der Waals surface area contributed by atoms with Gasteiger partial charge in [-0.05, 0) is 37.1 Å². The number of aryl methyl sites for hydroxylation is 1. The predicted molar refractivity (Wildman–Crippen MR) is 107 cm³/mol. The minimum atomic E-state index is -0.253. The topological polar surface area (TPSA) is 76.3 Å². The van der Waals surface area contributed by atoms with Crippen LogP contribution in [0.15, 0.2) is 48.3 Å². The van der Waals surface area contributed by atoms with Gasteiger partial charge in [0.1, 0.15) is 11.5 Å². The summed E-state index contributed by atoms with van der Waals surface area (Å²) in [6, 6.07) is 7.06. The lowest BCUT2D eigenvalue weighted by molar-refractivity contribution is 0.493. The summed E-state index contributed by atoms with van der Waals surface area (Å²) >= 11 is 0. The molecule has 6 nitrogen and oxygen atoms in total. The Kier molecular flexibility index (Phi) is 4.61. The van der Waals surface area contributed by atoms with E-state index in [1.54, 1.807) is 12.1 Å². The van der Waals surface area contributed by atoms with E-state index in [-0.39, 0.29) is 11.9 Å². The van der Waals surface area contributed by atoms with Crippen LogP contribution in [0.2, 0.25) is 0 Å². The van der Waals surface area contributed by atoms with E-state index < -0.39 is 0 Å². The lowest BCUT2D eigenvalue weighted by Crippen LogP contribution is -2.41. The molecule has 1 aromatic heterocycles.